The molecule has 0 aromatic heterocycles. The number of likely N-dealkylation sites (N-methyl/N-ethyl adjacent to an activating group) is 1. The van der Waals surface area contributed by atoms with Gasteiger partial charge in [0.25, 0.3) is 0 Å². The molecule has 186 valence electrons. The number of unbranched alkanes of at least 4 members (excludes halogenated alkanes) is 15. The Bertz CT molecular complexity index is 424. The Hall–Kier alpha value is -0.810. The summed E-state index contributed by atoms with van der Waals surface area (Å²) in [4.78, 5) is 22.1. The summed E-state index contributed by atoms with van der Waals surface area (Å²) in [7, 11) is 6.31. The van der Waals surface area contributed by atoms with Crippen molar-refractivity contribution < 1.29 is 36.3 Å². The van der Waals surface area contributed by atoms with Gasteiger partial charge in [0, 0.05) is 12.8 Å². The van der Waals surface area contributed by atoms with Crippen LogP contribution in [0.3, 0.4) is 0 Å². The number of hydrogen-bond acceptors (Lipinski definition) is 3. The highest BCUT2D eigenvalue weighted by atomic mass is 35.5. The summed E-state index contributed by atoms with van der Waals surface area (Å²) in [5.74, 6) is -0.708. The normalized spacial score (nSPS) is 11.2. The van der Waals surface area contributed by atoms with Gasteiger partial charge >= 0.3 is 11.9 Å². The van der Waals surface area contributed by atoms with E-state index in [9.17, 15) is 9.59 Å². The highest BCUT2D eigenvalue weighted by Gasteiger charge is 2.09. The summed E-state index contributed by atoms with van der Waals surface area (Å²) in [6.07, 6.45) is 20.6. The maximum Gasteiger partial charge on any atom is 0.305 e. The molecule has 0 amide bonds. The Kier molecular flexibility index (Phi) is 23.4. The fourth-order valence-electron chi connectivity index (χ4n) is 3.53. The third kappa shape index (κ3) is 29.2. The fourth-order valence-corrected chi connectivity index (χ4v) is 3.53. The molecule has 0 aliphatic heterocycles. The number of nitrogens with zero attached hydrogens (tertiary/aromatic N) is 1. The molecule has 5 nitrogen and oxygen atoms in total. The van der Waals surface area contributed by atoms with Crippen molar-refractivity contribution in [3.8, 4) is 0 Å². The van der Waals surface area contributed by atoms with Crippen LogP contribution in [0, 0.1) is 0 Å². The third-order valence-corrected chi connectivity index (χ3v) is 5.55. The van der Waals surface area contributed by atoms with E-state index >= 15 is 0 Å². The summed E-state index contributed by atoms with van der Waals surface area (Å²) >= 11 is 0. The molecule has 0 bridgehead atoms. The summed E-state index contributed by atoms with van der Waals surface area (Å²) < 4.78 is 6.11. The molecule has 0 radical (unpaired) electrons. The number of hydrogen-bond donors (Lipinski definition) is 1. The molecule has 0 atom stereocenters. The molecule has 0 spiro atoms. The quantitative estimate of drug-likeness (QED) is 0.152. The first-order chi connectivity index (χ1) is 14.3. The van der Waals surface area contributed by atoms with Crippen LogP contribution in [-0.4, -0.2) is 55.8 Å². The van der Waals surface area contributed by atoms with Crippen molar-refractivity contribution in [3.63, 3.8) is 0 Å². The molecule has 6 heteroatoms. The lowest BCUT2D eigenvalue weighted by Gasteiger charge is -2.23. The van der Waals surface area contributed by atoms with E-state index in [0.29, 0.717) is 19.4 Å². The van der Waals surface area contributed by atoms with Gasteiger partial charge < -0.3 is 26.7 Å². The SMILES string of the molecule is C[N+](C)(C)CCOC(=O)CCCCCCCCCCCCCCCCCCC(=O)O.[Cl-]. The molecular formula is C25H50ClNO4. The van der Waals surface area contributed by atoms with Crippen LogP contribution in [0.25, 0.3) is 0 Å². The predicted octanol–water partition coefficient (Wildman–Crippen LogP) is 3.35. The van der Waals surface area contributed by atoms with Crippen molar-refractivity contribution in [2.24, 2.45) is 0 Å². The van der Waals surface area contributed by atoms with Crippen molar-refractivity contribution >= 4 is 11.9 Å². The van der Waals surface area contributed by atoms with Gasteiger partial charge in [0.1, 0.15) is 13.2 Å². The van der Waals surface area contributed by atoms with E-state index in [1.54, 1.807) is 0 Å². The zero-order valence-electron chi connectivity index (χ0n) is 20.6. The van der Waals surface area contributed by atoms with E-state index in [0.717, 1.165) is 36.7 Å². The van der Waals surface area contributed by atoms with Gasteiger partial charge in [-0.1, -0.05) is 89.9 Å². The number of halogens is 1. The number of rotatable bonds is 22. The van der Waals surface area contributed by atoms with Crippen LogP contribution < -0.4 is 12.4 Å². The summed E-state index contributed by atoms with van der Waals surface area (Å²) in [5, 5.41) is 8.58. The number of ether oxygens (including phenoxy) is 1. The minimum Gasteiger partial charge on any atom is -1.00 e. The molecule has 0 rings (SSSR count). The Morgan fingerprint density at radius 1 is 0.613 bits per heavy atom. The molecule has 1 N–H and O–H groups in total. The zero-order chi connectivity index (χ0) is 22.5. The molecule has 0 fully saturated rings. The van der Waals surface area contributed by atoms with Crippen LogP contribution in [0.1, 0.15) is 116 Å². The second kappa shape index (κ2) is 22.4. The minimum absolute atomic E-state index is 0. The van der Waals surface area contributed by atoms with E-state index in [1.165, 1.54) is 77.0 Å². The summed E-state index contributed by atoms with van der Waals surface area (Å²) in [6.45, 7) is 1.39. The van der Waals surface area contributed by atoms with Gasteiger partial charge in [0.05, 0.1) is 21.1 Å². The number of esters is 1. The molecule has 0 unspecified atom stereocenters. The average molecular weight is 464 g/mol. The molecule has 0 saturated carbocycles. The number of aliphatic carboxylic acids is 1. The number of carboxylic acid groups (broad SMARTS) is 1. The maximum absolute atomic E-state index is 11.7. The standard InChI is InChI=1S/C25H49NO4.ClH/c1-26(2,3)22-23-30-25(29)21-19-17-15-13-11-9-7-5-4-6-8-10-12-14-16-18-20-24(27)28;/h4-23H2,1-3H3;1H. The molecule has 0 aliphatic carbocycles. The van der Waals surface area contributed by atoms with Crippen LogP contribution in [0.2, 0.25) is 0 Å². The monoisotopic (exact) mass is 463 g/mol. The lowest BCUT2D eigenvalue weighted by molar-refractivity contribution is -0.870. The highest BCUT2D eigenvalue weighted by Crippen LogP contribution is 2.14. The molecule has 0 saturated heterocycles. The van der Waals surface area contributed by atoms with Crippen LogP contribution in [0.4, 0.5) is 0 Å². The summed E-state index contributed by atoms with van der Waals surface area (Å²) in [5.41, 5.74) is 0. The van der Waals surface area contributed by atoms with Gasteiger partial charge in [-0.05, 0) is 12.8 Å². The number of quaternary nitrogens is 1. The van der Waals surface area contributed by atoms with E-state index < -0.39 is 5.97 Å². The van der Waals surface area contributed by atoms with Crippen molar-refractivity contribution in [2.75, 3.05) is 34.3 Å². The first kappa shape index (κ1) is 32.4. The summed E-state index contributed by atoms with van der Waals surface area (Å²) in [6, 6.07) is 0. The van der Waals surface area contributed by atoms with E-state index in [-0.39, 0.29) is 18.4 Å². The molecular weight excluding hydrogens is 414 g/mol. The van der Waals surface area contributed by atoms with Gasteiger partial charge in [-0.3, -0.25) is 9.59 Å². The number of carbonyl (C=O) groups excluding carboxylic acids is 1. The van der Waals surface area contributed by atoms with Gasteiger partial charge in [0.15, 0.2) is 0 Å². The molecule has 0 heterocycles. The van der Waals surface area contributed by atoms with Crippen molar-refractivity contribution in [1.29, 1.82) is 0 Å². The zero-order valence-corrected chi connectivity index (χ0v) is 21.4. The lowest BCUT2D eigenvalue weighted by atomic mass is 10.0. The Balaban J connectivity index is 0. The highest BCUT2D eigenvalue weighted by molar-refractivity contribution is 5.69. The maximum atomic E-state index is 11.7. The minimum atomic E-state index is -0.668. The van der Waals surface area contributed by atoms with Crippen molar-refractivity contribution in [2.45, 2.75) is 116 Å². The smallest absolute Gasteiger partial charge is 0.305 e. The van der Waals surface area contributed by atoms with Gasteiger partial charge in [-0.2, -0.15) is 0 Å². The van der Waals surface area contributed by atoms with Gasteiger partial charge in [0.2, 0.25) is 0 Å². The Morgan fingerprint density at radius 2 is 0.935 bits per heavy atom. The fraction of sp³-hybridized carbons (Fsp3) is 0.920. The van der Waals surface area contributed by atoms with Crippen LogP contribution in [-0.2, 0) is 14.3 Å². The van der Waals surface area contributed by atoms with E-state index in [1.807, 2.05) is 0 Å². The number of carboxylic acids is 1. The first-order valence-electron chi connectivity index (χ1n) is 12.5. The second-order valence-corrected chi connectivity index (χ2v) is 9.78. The number of carbonyl (C=O) groups is 2. The van der Waals surface area contributed by atoms with Crippen LogP contribution in [0.5, 0.6) is 0 Å². The largest absolute Gasteiger partial charge is 1.00 e. The Morgan fingerprint density at radius 3 is 1.26 bits per heavy atom. The van der Waals surface area contributed by atoms with Crippen LogP contribution >= 0.6 is 0 Å². The topological polar surface area (TPSA) is 63.6 Å². The molecule has 0 aliphatic rings. The second-order valence-electron chi connectivity index (χ2n) is 9.78. The van der Waals surface area contributed by atoms with Gasteiger partial charge in [-0.15, -0.1) is 0 Å². The molecule has 0 aromatic rings. The Labute approximate surface area is 198 Å². The third-order valence-electron chi connectivity index (χ3n) is 5.55. The lowest BCUT2D eigenvalue weighted by Crippen LogP contribution is -3.00. The molecule has 31 heavy (non-hydrogen) atoms. The van der Waals surface area contributed by atoms with Crippen molar-refractivity contribution in [1.82, 2.24) is 0 Å². The average Bonchev–Trinajstić information content (AvgIpc) is 2.65. The van der Waals surface area contributed by atoms with Crippen LogP contribution in [0.15, 0.2) is 0 Å². The first-order valence-corrected chi connectivity index (χ1v) is 12.5. The van der Waals surface area contributed by atoms with E-state index in [4.69, 9.17) is 9.84 Å². The molecule has 0 aromatic carbocycles. The van der Waals surface area contributed by atoms with Gasteiger partial charge in [-0.25, -0.2) is 0 Å². The van der Waals surface area contributed by atoms with Crippen molar-refractivity contribution in [3.05, 3.63) is 0 Å². The van der Waals surface area contributed by atoms with E-state index in [2.05, 4.69) is 21.1 Å². The predicted molar refractivity (Wildman–Crippen MR) is 125 cm³/mol.